The van der Waals surface area contributed by atoms with E-state index in [9.17, 15) is 10.1 Å². The number of rotatable bonds is 3. The maximum absolute atomic E-state index is 13.0. The van der Waals surface area contributed by atoms with Gasteiger partial charge in [-0.1, -0.05) is 64.5 Å². The second-order valence-electron chi connectivity index (χ2n) is 8.78. The molecule has 1 unspecified atom stereocenters. The van der Waals surface area contributed by atoms with Crippen LogP contribution in [0.2, 0.25) is 0 Å². The predicted octanol–water partition coefficient (Wildman–Crippen LogP) is 7.09. The van der Waals surface area contributed by atoms with Crippen molar-refractivity contribution in [1.82, 2.24) is 0 Å². The van der Waals surface area contributed by atoms with Crippen molar-refractivity contribution in [3.05, 3.63) is 117 Å². The normalized spacial score (nSPS) is 14.8. The Kier molecular flexibility index (Phi) is 5.47. The molecule has 0 aliphatic carbocycles. The summed E-state index contributed by atoms with van der Waals surface area (Å²) < 4.78 is 18.1. The molecule has 0 amide bonds. The molecule has 1 aliphatic heterocycles. The van der Waals surface area contributed by atoms with Crippen LogP contribution in [-0.4, -0.2) is 5.97 Å². The summed E-state index contributed by atoms with van der Waals surface area (Å²) in [7, 11) is 0. The lowest BCUT2D eigenvalue weighted by molar-refractivity contribution is 0.0702. The Bertz CT molecular complexity index is 1810. The van der Waals surface area contributed by atoms with Gasteiger partial charge in [0.25, 0.3) is 0 Å². The van der Waals surface area contributed by atoms with Crippen LogP contribution in [-0.2, 0) is 0 Å². The first-order valence-electron chi connectivity index (χ1n) is 11.5. The lowest BCUT2D eigenvalue weighted by Gasteiger charge is -2.27. The summed E-state index contributed by atoms with van der Waals surface area (Å²) in [6.45, 7) is 1.81. The zero-order valence-electron chi connectivity index (χ0n) is 19.6. The number of nitriles is 1. The summed E-state index contributed by atoms with van der Waals surface area (Å²) in [5.41, 5.74) is 9.52. The van der Waals surface area contributed by atoms with Gasteiger partial charge in [-0.2, -0.15) is 5.26 Å². The lowest BCUT2D eigenvalue weighted by atomic mass is 9.81. The van der Waals surface area contributed by atoms with Gasteiger partial charge in [0.15, 0.2) is 0 Å². The number of nitrogens with zero attached hydrogens (tertiary/aromatic N) is 1. The molecule has 2 heterocycles. The highest BCUT2D eigenvalue weighted by atomic mass is 79.9. The fourth-order valence-corrected chi connectivity index (χ4v) is 5.22. The Morgan fingerprint density at radius 1 is 1.00 bits per heavy atom. The van der Waals surface area contributed by atoms with Crippen LogP contribution >= 0.6 is 15.9 Å². The minimum atomic E-state index is -0.618. The first-order chi connectivity index (χ1) is 17.9. The number of furan rings is 1. The summed E-state index contributed by atoms with van der Waals surface area (Å²) in [6, 6.07) is 26.8. The van der Waals surface area contributed by atoms with Crippen molar-refractivity contribution >= 4 is 43.6 Å². The lowest BCUT2D eigenvalue weighted by Crippen LogP contribution is -2.21. The van der Waals surface area contributed by atoms with Crippen molar-refractivity contribution in [3.8, 4) is 17.6 Å². The van der Waals surface area contributed by atoms with Crippen molar-refractivity contribution in [2.75, 3.05) is 0 Å². The van der Waals surface area contributed by atoms with E-state index in [1.165, 1.54) is 0 Å². The van der Waals surface area contributed by atoms with Crippen molar-refractivity contribution < 1.29 is 18.7 Å². The third kappa shape index (κ3) is 3.83. The second-order valence-corrected chi connectivity index (χ2v) is 9.69. The van der Waals surface area contributed by atoms with Crippen LogP contribution in [0, 0.1) is 18.3 Å². The van der Waals surface area contributed by atoms with E-state index in [4.69, 9.17) is 19.6 Å². The molecule has 0 saturated carbocycles. The third-order valence-corrected chi connectivity index (χ3v) is 7.11. The van der Waals surface area contributed by atoms with Crippen LogP contribution in [0.4, 0.5) is 0 Å². The molecule has 0 bridgehead atoms. The summed E-state index contributed by atoms with van der Waals surface area (Å²) in [5.74, 6) is -0.200. The molecule has 1 atom stereocenters. The molecule has 1 aromatic heterocycles. The van der Waals surface area contributed by atoms with Gasteiger partial charge in [-0.3, -0.25) is 0 Å². The molecule has 6 rings (SSSR count). The number of hydrogen-bond donors (Lipinski definition) is 1. The van der Waals surface area contributed by atoms with Crippen molar-refractivity contribution in [2.45, 2.75) is 12.8 Å². The van der Waals surface area contributed by atoms with Crippen LogP contribution in [0.25, 0.3) is 21.7 Å². The maximum Gasteiger partial charge on any atom is 0.379 e. The van der Waals surface area contributed by atoms with Gasteiger partial charge in [0, 0.05) is 27.1 Å². The Hall–Kier alpha value is -4.54. The van der Waals surface area contributed by atoms with Gasteiger partial charge in [-0.05, 0) is 47.5 Å². The first kappa shape index (κ1) is 22.9. The van der Waals surface area contributed by atoms with Gasteiger partial charge in [0.2, 0.25) is 11.6 Å². The quantitative estimate of drug-likeness (QED) is 0.190. The van der Waals surface area contributed by atoms with Gasteiger partial charge < -0.3 is 19.6 Å². The molecule has 0 spiro atoms. The van der Waals surface area contributed by atoms with Crippen LogP contribution in [0.3, 0.4) is 0 Å². The zero-order chi connectivity index (χ0) is 25.7. The smallest absolute Gasteiger partial charge is 0.379 e. The maximum atomic E-state index is 13.0. The van der Waals surface area contributed by atoms with Crippen molar-refractivity contribution in [1.29, 1.82) is 5.26 Å². The number of fused-ring (bicyclic) bond motifs is 3. The van der Waals surface area contributed by atoms with E-state index in [2.05, 4.69) is 22.0 Å². The number of esters is 1. The summed E-state index contributed by atoms with van der Waals surface area (Å²) in [6.07, 6.45) is 0. The Morgan fingerprint density at radius 2 is 1.81 bits per heavy atom. The van der Waals surface area contributed by atoms with E-state index in [0.29, 0.717) is 22.5 Å². The molecule has 2 N–H and O–H groups in total. The molecule has 0 fully saturated rings. The molecule has 7 heteroatoms. The third-order valence-electron chi connectivity index (χ3n) is 6.62. The topological polar surface area (TPSA) is 98.5 Å². The number of nitrogens with two attached hydrogens (primary N) is 1. The molecule has 180 valence electrons. The average molecular weight is 551 g/mol. The Labute approximate surface area is 220 Å². The van der Waals surface area contributed by atoms with Crippen LogP contribution in [0.5, 0.6) is 11.5 Å². The summed E-state index contributed by atoms with van der Waals surface area (Å²) in [5, 5.41) is 12.8. The van der Waals surface area contributed by atoms with E-state index in [0.717, 1.165) is 31.8 Å². The number of ether oxygens (including phenoxy) is 2. The Morgan fingerprint density at radius 3 is 2.65 bits per heavy atom. The standard InChI is InChI=1S/C30H19BrN2O4/c1-16-23-13-18(31)9-12-25(23)36-28(16)30(34)35-19-10-11-22-26(14-19)37-29(33)24(15-32)27(22)21-8-4-6-17-5-2-3-7-20(17)21/h2-14,27H,33H2,1H3. The number of carbonyl (C=O) groups excluding carboxylic acids is 1. The highest BCUT2D eigenvalue weighted by molar-refractivity contribution is 9.10. The van der Waals surface area contributed by atoms with E-state index >= 15 is 0 Å². The highest BCUT2D eigenvalue weighted by Gasteiger charge is 2.32. The molecule has 1 aliphatic rings. The summed E-state index contributed by atoms with van der Waals surface area (Å²) in [4.78, 5) is 13.0. The number of halogens is 1. The molecule has 5 aromatic rings. The number of carbonyl (C=O) groups is 1. The first-order valence-corrected chi connectivity index (χ1v) is 12.3. The van der Waals surface area contributed by atoms with Gasteiger partial charge in [0.05, 0.1) is 5.92 Å². The second kappa shape index (κ2) is 8.84. The molecule has 37 heavy (non-hydrogen) atoms. The predicted molar refractivity (Wildman–Crippen MR) is 143 cm³/mol. The van der Waals surface area contributed by atoms with Crippen molar-refractivity contribution in [3.63, 3.8) is 0 Å². The fourth-order valence-electron chi connectivity index (χ4n) is 4.86. The van der Waals surface area contributed by atoms with Crippen LogP contribution in [0.15, 0.2) is 99.2 Å². The summed E-state index contributed by atoms with van der Waals surface area (Å²) >= 11 is 3.44. The van der Waals surface area contributed by atoms with E-state index in [1.54, 1.807) is 24.3 Å². The highest BCUT2D eigenvalue weighted by Crippen LogP contribution is 2.45. The molecule has 0 radical (unpaired) electrons. The average Bonchev–Trinajstić information content (AvgIpc) is 3.23. The molecule has 6 nitrogen and oxygen atoms in total. The molecule has 0 saturated heterocycles. The van der Waals surface area contributed by atoms with Gasteiger partial charge in [-0.15, -0.1) is 0 Å². The number of allylic oxidation sites excluding steroid dienone is 1. The molecular formula is C30H19BrN2O4. The van der Waals surface area contributed by atoms with E-state index < -0.39 is 11.9 Å². The number of aryl methyl sites for hydroxylation is 1. The minimum Gasteiger partial charge on any atom is -0.449 e. The zero-order valence-corrected chi connectivity index (χ0v) is 21.2. The van der Waals surface area contributed by atoms with Crippen molar-refractivity contribution in [2.24, 2.45) is 5.73 Å². The number of hydrogen-bond acceptors (Lipinski definition) is 6. The minimum absolute atomic E-state index is 0.0233. The molecular weight excluding hydrogens is 532 g/mol. The van der Waals surface area contributed by atoms with Gasteiger partial charge >= 0.3 is 5.97 Å². The number of benzene rings is 4. The van der Waals surface area contributed by atoms with E-state index in [1.807, 2.05) is 61.5 Å². The fraction of sp³-hybridized carbons (Fsp3) is 0.0667. The van der Waals surface area contributed by atoms with E-state index in [-0.39, 0.29) is 17.4 Å². The SMILES string of the molecule is Cc1c(C(=O)Oc2ccc3c(c2)OC(N)=C(C#N)C3c2cccc3ccccc23)oc2ccc(Br)cc12. The Balaban J connectivity index is 1.39. The molecule has 4 aromatic carbocycles. The van der Waals surface area contributed by atoms with Crippen LogP contribution in [0.1, 0.15) is 33.2 Å². The largest absolute Gasteiger partial charge is 0.449 e. The van der Waals surface area contributed by atoms with Crippen LogP contribution < -0.4 is 15.2 Å². The van der Waals surface area contributed by atoms with Gasteiger partial charge in [-0.25, -0.2) is 4.79 Å². The monoisotopic (exact) mass is 550 g/mol. The van der Waals surface area contributed by atoms with Gasteiger partial charge in [0.1, 0.15) is 28.7 Å².